The van der Waals surface area contributed by atoms with E-state index in [-0.39, 0.29) is 11.8 Å². The van der Waals surface area contributed by atoms with Crippen LogP contribution in [0.25, 0.3) is 10.8 Å². The number of aromatic hydroxyl groups is 1. The van der Waals surface area contributed by atoms with Crippen molar-refractivity contribution in [3.63, 3.8) is 0 Å². The Morgan fingerprint density at radius 3 is 1.94 bits per heavy atom. The summed E-state index contributed by atoms with van der Waals surface area (Å²) in [6.45, 7) is 3.54. The van der Waals surface area contributed by atoms with Crippen LogP contribution in [0.2, 0.25) is 0 Å². The molecule has 0 bridgehead atoms. The third-order valence-electron chi connectivity index (χ3n) is 6.18. The predicted octanol–water partition coefficient (Wildman–Crippen LogP) is 5.29. The topological polar surface area (TPSA) is 39.1 Å². The van der Waals surface area contributed by atoms with Gasteiger partial charge in [0.05, 0.1) is 12.3 Å². The van der Waals surface area contributed by atoms with Gasteiger partial charge in [-0.2, -0.15) is 5.10 Å². The smallest absolute Gasteiger partial charge is 0.125 e. The molecule has 32 heavy (non-hydrogen) atoms. The van der Waals surface area contributed by atoms with Gasteiger partial charge < -0.3 is 5.11 Å². The van der Waals surface area contributed by atoms with E-state index >= 15 is 0 Å². The van der Waals surface area contributed by atoms with Crippen molar-refractivity contribution in [1.82, 2.24) is 9.91 Å². The molecule has 1 N–H and O–H groups in total. The number of phenolic OH excluding ortho intramolecular Hbond substituents is 1. The number of nitrogens with zero attached hydrogens (tertiary/aromatic N) is 3. The minimum atomic E-state index is 0.241. The van der Waals surface area contributed by atoms with E-state index in [0.29, 0.717) is 0 Å². The van der Waals surface area contributed by atoms with Gasteiger partial charge in [-0.1, -0.05) is 91.0 Å². The highest BCUT2D eigenvalue weighted by molar-refractivity contribution is 6.02. The molecule has 0 aliphatic carbocycles. The van der Waals surface area contributed by atoms with Gasteiger partial charge >= 0.3 is 0 Å². The molecule has 1 aliphatic rings. The molecule has 1 aliphatic heterocycles. The maximum Gasteiger partial charge on any atom is 0.125 e. The summed E-state index contributed by atoms with van der Waals surface area (Å²) >= 11 is 0. The number of benzene rings is 4. The van der Waals surface area contributed by atoms with Crippen LogP contribution in [0.1, 0.15) is 22.7 Å². The van der Waals surface area contributed by atoms with Crippen molar-refractivity contribution in [1.29, 1.82) is 0 Å². The predicted molar refractivity (Wildman–Crippen MR) is 131 cm³/mol. The average Bonchev–Trinajstić information content (AvgIpc) is 2.86. The lowest BCUT2D eigenvalue weighted by Crippen LogP contribution is -2.45. The number of hydrogen-bond donors (Lipinski definition) is 1. The summed E-state index contributed by atoms with van der Waals surface area (Å²) in [5.41, 5.74) is 3.41. The normalized spacial score (nSPS) is 15.1. The van der Waals surface area contributed by atoms with Crippen LogP contribution < -0.4 is 0 Å². The van der Waals surface area contributed by atoms with Crippen LogP contribution >= 0.6 is 0 Å². The molecule has 0 aromatic heterocycles. The van der Waals surface area contributed by atoms with E-state index in [1.807, 2.05) is 24.3 Å². The molecule has 4 aromatic carbocycles. The average molecular weight is 422 g/mol. The van der Waals surface area contributed by atoms with Gasteiger partial charge in [0.2, 0.25) is 0 Å². The van der Waals surface area contributed by atoms with Crippen LogP contribution in [-0.2, 0) is 0 Å². The van der Waals surface area contributed by atoms with Crippen LogP contribution in [-0.4, -0.2) is 47.4 Å². The Kier molecular flexibility index (Phi) is 5.86. The van der Waals surface area contributed by atoms with Gasteiger partial charge in [0.1, 0.15) is 5.75 Å². The molecule has 1 fully saturated rings. The lowest BCUT2D eigenvalue weighted by atomic mass is 9.96. The van der Waals surface area contributed by atoms with Crippen LogP contribution in [0.4, 0.5) is 0 Å². The van der Waals surface area contributed by atoms with E-state index in [1.165, 1.54) is 11.1 Å². The molecule has 4 heteroatoms. The van der Waals surface area contributed by atoms with Gasteiger partial charge in [-0.25, -0.2) is 0 Å². The highest BCUT2D eigenvalue weighted by Crippen LogP contribution is 2.30. The fourth-order valence-electron chi connectivity index (χ4n) is 4.53. The van der Waals surface area contributed by atoms with Crippen molar-refractivity contribution in [2.45, 2.75) is 6.04 Å². The zero-order valence-corrected chi connectivity index (χ0v) is 18.0. The van der Waals surface area contributed by atoms with Crippen molar-refractivity contribution in [2.24, 2.45) is 5.10 Å². The molecule has 0 atom stereocenters. The Morgan fingerprint density at radius 2 is 1.28 bits per heavy atom. The van der Waals surface area contributed by atoms with Gasteiger partial charge in [0.25, 0.3) is 0 Å². The molecule has 1 saturated heterocycles. The van der Waals surface area contributed by atoms with Crippen molar-refractivity contribution >= 4 is 17.0 Å². The van der Waals surface area contributed by atoms with E-state index in [1.54, 1.807) is 12.3 Å². The molecular weight excluding hydrogens is 394 g/mol. The van der Waals surface area contributed by atoms with Crippen molar-refractivity contribution in [2.75, 3.05) is 26.2 Å². The van der Waals surface area contributed by atoms with Crippen LogP contribution in [0.5, 0.6) is 5.75 Å². The summed E-state index contributed by atoms with van der Waals surface area (Å²) in [5, 5.41) is 19.3. The molecule has 4 aromatic rings. The van der Waals surface area contributed by atoms with Crippen molar-refractivity contribution in [3.05, 3.63) is 114 Å². The summed E-state index contributed by atoms with van der Waals surface area (Å²) in [6.07, 6.45) is 1.80. The molecule has 4 nitrogen and oxygen atoms in total. The molecule has 0 amide bonds. The molecule has 0 radical (unpaired) electrons. The highest BCUT2D eigenvalue weighted by Gasteiger charge is 2.25. The second-order valence-corrected chi connectivity index (χ2v) is 8.18. The van der Waals surface area contributed by atoms with E-state index in [2.05, 4.69) is 76.6 Å². The minimum Gasteiger partial charge on any atom is -0.507 e. The second kappa shape index (κ2) is 9.25. The summed E-state index contributed by atoms with van der Waals surface area (Å²) in [4.78, 5) is 2.53. The van der Waals surface area contributed by atoms with Crippen LogP contribution in [0, 0.1) is 0 Å². The molecule has 0 saturated carbocycles. The van der Waals surface area contributed by atoms with Gasteiger partial charge in [0.15, 0.2) is 0 Å². The second-order valence-electron chi connectivity index (χ2n) is 8.18. The first-order chi connectivity index (χ1) is 15.8. The van der Waals surface area contributed by atoms with Crippen molar-refractivity contribution in [3.8, 4) is 5.75 Å². The monoisotopic (exact) mass is 421 g/mol. The first kappa shape index (κ1) is 20.3. The number of fused-ring (bicyclic) bond motifs is 1. The van der Waals surface area contributed by atoms with E-state index in [4.69, 9.17) is 5.10 Å². The van der Waals surface area contributed by atoms with Crippen molar-refractivity contribution < 1.29 is 5.11 Å². The Balaban J connectivity index is 1.33. The summed E-state index contributed by atoms with van der Waals surface area (Å²) in [5.74, 6) is 0.263. The third-order valence-corrected chi connectivity index (χ3v) is 6.18. The zero-order valence-electron chi connectivity index (χ0n) is 18.0. The maximum absolute atomic E-state index is 10.4. The van der Waals surface area contributed by atoms with Crippen LogP contribution in [0.3, 0.4) is 0 Å². The Labute approximate surface area is 189 Å². The molecule has 5 rings (SSSR count). The van der Waals surface area contributed by atoms with Gasteiger partial charge in [0, 0.05) is 31.7 Å². The van der Waals surface area contributed by atoms with E-state index in [0.717, 1.165) is 42.5 Å². The van der Waals surface area contributed by atoms with E-state index < -0.39 is 0 Å². The van der Waals surface area contributed by atoms with Crippen LogP contribution in [0.15, 0.2) is 102 Å². The summed E-state index contributed by atoms with van der Waals surface area (Å²) in [6, 6.07) is 33.5. The molecule has 1 heterocycles. The summed E-state index contributed by atoms with van der Waals surface area (Å²) in [7, 11) is 0. The molecular formula is C28H27N3O. The Morgan fingerprint density at radius 1 is 0.688 bits per heavy atom. The number of hydrazone groups is 1. The van der Waals surface area contributed by atoms with Gasteiger partial charge in [-0.15, -0.1) is 0 Å². The standard InChI is InChI=1S/C28H27N3O/c32-27-16-15-22-9-7-8-14-25(22)26(27)21-29-31-19-17-30(18-20-31)28(23-10-3-1-4-11-23)24-12-5-2-6-13-24/h1-16,21,28,32H,17-20H2/b29-21+. The maximum atomic E-state index is 10.4. The first-order valence-corrected chi connectivity index (χ1v) is 11.1. The van der Waals surface area contributed by atoms with Gasteiger partial charge in [-0.3, -0.25) is 9.91 Å². The van der Waals surface area contributed by atoms with E-state index in [9.17, 15) is 5.11 Å². The highest BCUT2D eigenvalue weighted by atomic mass is 16.3. The number of hydrogen-bond acceptors (Lipinski definition) is 4. The number of phenols is 1. The fraction of sp³-hybridized carbons (Fsp3) is 0.179. The minimum absolute atomic E-state index is 0.241. The molecule has 160 valence electrons. The number of rotatable bonds is 5. The molecule has 0 spiro atoms. The Bertz CT molecular complexity index is 1160. The quantitative estimate of drug-likeness (QED) is 0.445. The lowest BCUT2D eigenvalue weighted by molar-refractivity contribution is 0.113. The number of piperazine rings is 1. The molecule has 0 unspecified atom stereocenters. The third kappa shape index (κ3) is 4.23. The first-order valence-electron chi connectivity index (χ1n) is 11.1. The zero-order chi connectivity index (χ0) is 21.8. The fourth-order valence-corrected chi connectivity index (χ4v) is 4.53. The lowest BCUT2D eigenvalue weighted by Gasteiger charge is -2.38. The summed E-state index contributed by atoms with van der Waals surface area (Å²) < 4.78 is 0. The Hall–Kier alpha value is -3.63. The SMILES string of the molecule is Oc1ccc2ccccc2c1/C=N/N1CCN(C(c2ccccc2)c2ccccc2)CC1. The largest absolute Gasteiger partial charge is 0.507 e. The van der Waals surface area contributed by atoms with Gasteiger partial charge in [-0.05, 0) is 28.0 Å².